The quantitative estimate of drug-likeness (QED) is 0.727. The molecular formula is C15H15NO4. The van der Waals surface area contributed by atoms with Gasteiger partial charge in [0.15, 0.2) is 0 Å². The molecule has 0 atom stereocenters. The Balaban J connectivity index is 2.37. The number of carbonyl (C=O) groups is 1. The molecule has 5 heteroatoms. The van der Waals surface area contributed by atoms with Crippen LogP contribution in [0.2, 0.25) is 0 Å². The molecular weight excluding hydrogens is 258 g/mol. The number of carboxylic acids is 1. The molecule has 0 bridgehead atoms. The van der Waals surface area contributed by atoms with Gasteiger partial charge in [0.2, 0.25) is 0 Å². The smallest absolute Gasteiger partial charge is 0.339 e. The molecule has 104 valence electrons. The summed E-state index contributed by atoms with van der Waals surface area (Å²) in [6.45, 7) is -0.00605. The van der Waals surface area contributed by atoms with Crippen LogP contribution in [0, 0.1) is 0 Å². The summed E-state index contributed by atoms with van der Waals surface area (Å²) >= 11 is 0. The lowest BCUT2D eigenvalue weighted by atomic mass is 10.1. The molecule has 0 aliphatic rings. The monoisotopic (exact) mass is 273 g/mol. The van der Waals surface area contributed by atoms with Gasteiger partial charge in [-0.1, -0.05) is 18.2 Å². The summed E-state index contributed by atoms with van der Waals surface area (Å²) in [4.78, 5) is 11.2. The third-order valence-electron chi connectivity index (χ3n) is 2.81. The Morgan fingerprint density at radius 1 is 1.15 bits per heavy atom. The first kappa shape index (κ1) is 13.9. The van der Waals surface area contributed by atoms with Gasteiger partial charge < -0.3 is 20.7 Å². The predicted molar refractivity (Wildman–Crippen MR) is 75.1 cm³/mol. The molecule has 0 aliphatic heterocycles. The second kappa shape index (κ2) is 6.08. The van der Waals surface area contributed by atoms with Gasteiger partial charge in [-0.05, 0) is 36.2 Å². The van der Waals surface area contributed by atoms with Crippen LogP contribution >= 0.6 is 0 Å². The highest BCUT2D eigenvalue weighted by atomic mass is 16.5. The normalized spacial score (nSPS) is 10.2. The van der Waals surface area contributed by atoms with Gasteiger partial charge in [-0.3, -0.25) is 0 Å². The first-order valence-electron chi connectivity index (χ1n) is 6.11. The number of aromatic carboxylic acids is 1. The highest BCUT2D eigenvalue weighted by molar-refractivity contribution is 5.92. The molecule has 2 rings (SSSR count). The SMILES string of the molecule is Nc1ccc(Oc2ccccc2CCO)c(C(=O)O)c1. The molecule has 0 heterocycles. The van der Waals surface area contributed by atoms with Gasteiger partial charge in [0.25, 0.3) is 0 Å². The number of para-hydroxylation sites is 1. The second-order valence-electron chi connectivity index (χ2n) is 4.24. The summed E-state index contributed by atoms with van der Waals surface area (Å²) in [5.74, 6) is -0.363. The van der Waals surface area contributed by atoms with Crippen LogP contribution < -0.4 is 10.5 Å². The molecule has 4 N–H and O–H groups in total. The first-order chi connectivity index (χ1) is 9.61. The van der Waals surface area contributed by atoms with Gasteiger partial charge in [-0.2, -0.15) is 0 Å². The van der Waals surface area contributed by atoms with Gasteiger partial charge in [0, 0.05) is 12.3 Å². The summed E-state index contributed by atoms with van der Waals surface area (Å²) in [6.07, 6.45) is 0.438. The molecule has 5 nitrogen and oxygen atoms in total. The molecule has 20 heavy (non-hydrogen) atoms. The van der Waals surface area contributed by atoms with Crippen molar-refractivity contribution in [2.24, 2.45) is 0 Å². The largest absolute Gasteiger partial charge is 0.478 e. The zero-order valence-corrected chi connectivity index (χ0v) is 10.7. The zero-order chi connectivity index (χ0) is 14.5. The van der Waals surface area contributed by atoms with Crippen molar-refractivity contribution in [3.8, 4) is 11.5 Å². The maximum absolute atomic E-state index is 11.2. The minimum Gasteiger partial charge on any atom is -0.478 e. The van der Waals surface area contributed by atoms with Crippen LogP contribution in [-0.4, -0.2) is 22.8 Å². The molecule has 0 amide bonds. The van der Waals surface area contributed by atoms with Crippen LogP contribution in [-0.2, 0) is 6.42 Å². The van der Waals surface area contributed by atoms with E-state index in [2.05, 4.69) is 0 Å². The number of nitrogens with two attached hydrogens (primary N) is 1. The summed E-state index contributed by atoms with van der Waals surface area (Å²) in [5.41, 5.74) is 6.76. The summed E-state index contributed by atoms with van der Waals surface area (Å²) < 4.78 is 5.66. The molecule has 0 fully saturated rings. The third kappa shape index (κ3) is 3.07. The molecule has 0 radical (unpaired) electrons. The predicted octanol–water partition coefficient (Wildman–Crippen LogP) is 2.29. The van der Waals surface area contributed by atoms with Crippen molar-refractivity contribution in [3.05, 3.63) is 53.6 Å². The van der Waals surface area contributed by atoms with E-state index < -0.39 is 5.97 Å². The molecule has 0 aliphatic carbocycles. The first-order valence-corrected chi connectivity index (χ1v) is 6.11. The van der Waals surface area contributed by atoms with E-state index in [1.165, 1.54) is 12.1 Å². The Morgan fingerprint density at radius 2 is 1.90 bits per heavy atom. The Hall–Kier alpha value is -2.53. The second-order valence-corrected chi connectivity index (χ2v) is 4.24. The molecule has 0 saturated heterocycles. The molecule has 0 saturated carbocycles. The molecule has 0 spiro atoms. The van der Waals surface area contributed by atoms with Gasteiger partial charge >= 0.3 is 5.97 Å². The van der Waals surface area contributed by atoms with Crippen LogP contribution in [0.15, 0.2) is 42.5 Å². The van der Waals surface area contributed by atoms with Crippen molar-refractivity contribution >= 4 is 11.7 Å². The van der Waals surface area contributed by atoms with Gasteiger partial charge in [-0.15, -0.1) is 0 Å². The lowest BCUT2D eigenvalue weighted by Gasteiger charge is -2.12. The number of rotatable bonds is 5. The number of aliphatic hydroxyl groups excluding tert-OH is 1. The number of aliphatic hydroxyl groups is 1. The van der Waals surface area contributed by atoms with Gasteiger partial charge in [-0.25, -0.2) is 4.79 Å². The van der Waals surface area contributed by atoms with E-state index in [-0.39, 0.29) is 17.9 Å². The fourth-order valence-electron chi connectivity index (χ4n) is 1.85. The Bertz CT molecular complexity index is 625. The van der Waals surface area contributed by atoms with E-state index in [0.29, 0.717) is 17.9 Å². The average Bonchev–Trinajstić information content (AvgIpc) is 2.43. The summed E-state index contributed by atoms with van der Waals surface area (Å²) in [6, 6.07) is 11.6. The van der Waals surface area contributed by atoms with E-state index in [1.54, 1.807) is 18.2 Å². The van der Waals surface area contributed by atoms with Crippen molar-refractivity contribution in [1.82, 2.24) is 0 Å². The van der Waals surface area contributed by atoms with Crippen molar-refractivity contribution in [1.29, 1.82) is 0 Å². The van der Waals surface area contributed by atoms with E-state index in [4.69, 9.17) is 20.7 Å². The van der Waals surface area contributed by atoms with E-state index >= 15 is 0 Å². The Kier molecular flexibility index (Phi) is 4.22. The topological polar surface area (TPSA) is 92.8 Å². The van der Waals surface area contributed by atoms with Crippen LogP contribution in [0.4, 0.5) is 5.69 Å². The highest BCUT2D eigenvalue weighted by Crippen LogP contribution is 2.29. The standard InChI is InChI=1S/C15H15NO4/c16-11-5-6-14(12(9-11)15(18)19)20-13-4-2-1-3-10(13)7-8-17/h1-6,9,17H,7-8,16H2,(H,18,19). The van der Waals surface area contributed by atoms with Gasteiger partial charge in [0.05, 0.1) is 0 Å². The number of carboxylic acid groups (broad SMARTS) is 1. The Morgan fingerprint density at radius 3 is 2.60 bits per heavy atom. The lowest BCUT2D eigenvalue weighted by molar-refractivity contribution is 0.0694. The van der Waals surface area contributed by atoms with E-state index in [0.717, 1.165) is 5.56 Å². The van der Waals surface area contributed by atoms with Crippen LogP contribution in [0.3, 0.4) is 0 Å². The van der Waals surface area contributed by atoms with Crippen LogP contribution in [0.1, 0.15) is 15.9 Å². The molecule has 2 aromatic rings. The number of anilines is 1. The third-order valence-corrected chi connectivity index (χ3v) is 2.81. The van der Waals surface area contributed by atoms with Crippen molar-refractivity contribution in [2.45, 2.75) is 6.42 Å². The number of hydrogen-bond acceptors (Lipinski definition) is 4. The maximum atomic E-state index is 11.2. The van der Waals surface area contributed by atoms with E-state index in [1.807, 2.05) is 12.1 Å². The lowest BCUT2D eigenvalue weighted by Crippen LogP contribution is -2.02. The molecule has 0 unspecified atom stereocenters. The van der Waals surface area contributed by atoms with Crippen LogP contribution in [0.5, 0.6) is 11.5 Å². The van der Waals surface area contributed by atoms with E-state index in [9.17, 15) is 4.79 Å². The number of benzene rings is 2. The number of ether oxygens (including phenoxy) is 1. The maximum Gasteiger partial charge on any atom is 0.339 e. The number of hydrogen-bond donors (Lipinski definition) is 3. The van der Waals surface area contributed by atoms with Crippen molar-refractivity contribution < 1.29 is 19.7 Å². The molecule has 2 aromatic carbocycles. The minimum atomic E-state index is -1.10. The summed E-state index contributed by atoms with van der Waals surface area (Å²) in [5, 5.41) is 18.2. The fourth-order valence-corrected chi connectivity index (χ4v) is 1.85. The zero-order valence-electron chi connectivity index (χ0n) is 10.7. The van der Waals surface area contributed by atoms with Gasteiger partial charge in [0.1, 0.15) is 17.1 Å². The number of nitrogen functional groups attached to an aromatic ring is 1. The fraction of sp³-hybridized carbons (Fsp3) is 0.133. The highest BCUT2D eigenvalue weighted by Gasteiger charge is 2.13. The van der Waals surface area contributed by atoms with Crippen LogP contribution in [0.25, 0.3) is 0 Å². The minimum absolute atomic E-state index is 0.00352. The summed E-state index contributed by atoms with van der Waals surface area (Å²) in [7, 11) is 0. The molecule has 0 aromatic heterocycles. The average molecular weight is 273 g/mol. The van der Waals surface area contributed by atoms with Crippen molar-refractivity contribution in [3.63, 3.8) is 0 Å². The Labute approximate surface area is 116 Å². The van der Waals surface area contributed by atoms with Crippen molar-refractivity contribution in [2.75, 3.05) is 12.3 Å².